The number of nitrogens with one attached hydrogen (secondary N) is 1. The van der Waals surface area contributed by atoms with E-state index >= 15 is 0 Å². The summed E-state index contributed by atoms with van der Waals surface area (Å²) < 4.78 is 2.03. The van der Waals surface area contributed by atoms with Crippen LogP contribution >= 0.6 is 0 Å². The molecular weight excluding hydrogens is 224 g/mol. The number of nitrogens with zero attached hydrogens (tertiary/aromatic N) is 3. The first-order valence-corrected chi connectivity index (χ1v) is 7.10. The van der Waals surface area contributed by atoms with Crippen LogP contribution in [0.25, 0.3) is 0 Å². The van der Waals surface area contributed by atoms with Gasteiger partial charge >= 0.3 is 0 Å². The summed E-state index contributed by atoms with van der Waals surface area (Å²) in [6.07, 6.45) is 8.17. The Labute approximate surface area is 110 Å². The molecule has 102 valence electrons. The van der Waals surface area contributed by atoms with Crippen LogP contribution in [0.3, 0.4) is 0 Å². The van der Waals surface area contributed by atoms with Crippen molar-refractivity contribution >= 4 is 0 Å². The molecule has 4 nitrogen and oxygen atoms in total. The van der Waals surface area contributed by atoms with Crippen LogP contribution in [0.2, 0.25) is 0 Å². The molecule has 1 atom stereocenters. The Hall–Kier alpha value is -0.870. The van der Waals surface area contributed by atoms with Gasteiger partial charge in [0.05, 0.1) is 6.20 Å². The molecule has 0 spiro atoms. The molecule has 1 aromatic rings. The third-order valence-electron chi connectivity index (χ3n) is 3.58. The van der Waals surface area contributed by atoms with Crippen molar-refractivity contribution in [3.8, 4) is 0 Å². The highest BCUT2D eigenvalue weighted by Crippen LogP contribution is 2.11. The average molecular weight is 250 g/mol. The predicted molar refractivity (Wildman–Crippen MR) is 74.6 cm³/mol. The standard InChI is InChI=1S/C14H26N4/c1-12(2)18-10-13(8-16-18)9-17(3)11-14-6-4-5-7-15-14/h8,10,12,14-15H,4-7,9,11H2,1-3H3. The van der Waals surface area contributed by atoms with E-state index in [1.807, 2.05) is 10.9 Å². The third kappa shape index (κ3) is 3.82. The second-order valence-corrected chi connectivity index (χ2v) is 5.77. The molecule has 4 heteroatoms. The van der Waals surface area contributed by atoms with E-state index in [1.54, 1.807) is 0 Å². The minimum Gasteiger partial charge on any atom is -0.313 e. The van der Waals surface area contributed by atoms with Gasteiger partial charge in [0.1, 0.15) is 0 Å². The molecule has 2 heterocycles. The van der Waals surface area contributed by atoms with Crippen LogP contribution in [0.1, 0.15) is 44.7 Å². The molecule has 0 radical (unpaired) electrons. The molecule has 1 saturated heterocycles. The molecule has 1 aliphatic heterocycles. The fraction of sp³-hybridized carbons (Fsp3) is 0.786. The lowest BCUT2D eigenvalue weighted by Crippen LogP contribution is -2.42. The van der Waals surface area contributed by atoms with Crippen LogP contribution in [0.15, 0.2) is 12.4 Å². The molecule has 1 fully saturated rings. The normalized spacial score (nSPS) is 20.8. The van der Waals surface area contributed by atoms with Gasteiger partial charge in [-0.1, -0.05) is 6.42 Å². The Morgan fingerprint density at radius 1 is 1.50 bits per heavy atom. The zero-order chi connectivity index (χ0) is 13.0. The lowest BCUT2D eigenvalue weighted by molar-refractivity contribution is 0.256. The van der Waals surface area contributed by atoms with Crippen molar-refractivity contribution in [2.45, 2.75) is 51.7 Å². The van der Waals surface area contributed by atoms with Gasteiger partial charge < -0.3 is 10.2 Å². The molecule has 0 aromatic carbocycles. The van der Waals surface area contributed by atoms with E-state index < -0.39 is 0 Å². The highest BCUT2D eigenvalue weighted by Gasteiger charge is 2.15. The zero-order valence-corrected chi connectivity index (χ0v) is 11.9. The van der Waals surface area contributed by atoms with Crippen molar-refractivity contribution in [1.82, 2.24) is 20.0 Å². The topological polar surface area (TPSA) is 33.1 Å². The van der Waals surface area contributed by atoms with Gasteiger partial charge in [0.15, 0.2) is 0 Å². The molecular formula is C14H26N4. The van der Waals surface area contributed by atoms with Crippen molar-refractivity contribution in [2.75, 3.05) is 20.1 Å². The van der Waals surface area contributed by atoms with Crippen molar-refractivity contribution in [2.24, 2.45) is 0 Å². The van der Waals surface area contributed by atoms with Crippen LogP contribution in [-0.2, 0) is 6.54 Å². The minimum absolute atomic E-state index is 0.448. The SMILES string of the molecule is CC(C)n1cc(CN(C)CC2CCCCN2)cn1. The van der Waals surface area contributed by atoms with E-state index in [2.05, 4.69) is 42.4 Å². The summed E-state index contributed by atoms with van der Waals surface area (Å²) in [7, 11) is 2.20. The molecule has 2 rings (SSSR count). The highest BCUT2D eigenvalue weighted by molar-refractivity contribution is 5.04. The molecule has 0 amide bonds. The molecule has 1 aromatic heterocycles. The van der Waals surface area contributed by atoms with Gasteiger partial charge in [0, 0.05) is 36.9 Å². The Morgan fingerprint density at radius 2 is 2.33 bits per heavy atom. The summed E-state index contributed by atoms with van der Waals surface area (Å²) in [6, 6.07) is 1.12. The molecule has 1 unspecified atom stereocenters. The Morgan fingerprint density at radius 3 is 2.94 bits per heavy atom. The second kappa shape index (κ2) is 6.34. The highest BCUT2D eigenvalue weighted by atomic mass is 15.3. The number of likely N-dealkylation sites (N-methyl/N-ethyl adjacent to an activating group) is 1. The van der Waals surface area contributed by atoms with Crippen LogP contribution in [0.5, 0.6) is 0 Å². The van der Waals surface area contributed by atoms with Crippen LogP contribution in [0.4, 0.5) is 0 Å². The first-order chi connectivity index (χ1) is 8.65. The van der Waals surface area contributed by atoms with E-state index in [4.69, 9.17) is 0 Å². The number of hydrogen-bond donors (Lipinski definition) is 1. The Bertz CT molecular complexity index is 352. The maximum atomic E-state index is 4.39. The van der Waals surface area contributed by atoms with Gasteiger partial charge in [-0.2, -0.15) is 5.10 Å². The average Bonchev–Trinajstić information content (AvgIpc) is 2.78. The van der Waals surface area contributed by atoms with Crippen LogP contribution < -0.4 is 5.32 Å². The van der Waals surface area contributed by atoms with E-state index in [0.29, 0.717) is 12.1 Å². The van der Waals surface area contributed by atoms with E-state index in [1.165, 1.54) is 31.4 Å². The van der Waals surface area contributed by atoms with Gasteiger partial charge in [0.25, 0.3) is 0 Å². The summed E-state index contributed by atoms with van der Waals surface area (Å²) in [5.41, 5.74) is 1.31. The number of aromatic nitrogens is 2. The summed E-state index contributed by atoms with van der Waals surface area (Å²) in [6.45, 7) is 7.63. The fourth-order valence-electron chi connectivity index (χ4n) is 2.57. The van der Waals surface area contributed by atoms with E-state index in [-0.39, 0.29) is 0 Å². The molecule has 0 bridgehead atoms. The third-order valence-corrected chi connectivity index (χ3v) is 3.58. The Kier molecular flexibility index (Phi) is 4.78. The molecule has 1 aliphatic rings. The van der Waals surface area contributed by atoms with E-state index in [9.17, 15) is 0 Å². The maximum absolute atomic E-state index is 4.39. The lowest BCUT2D eigenvalue weighted by Gasteiger charge is -2.27. The first-order valence-electron chi connectivity index (χ1n) is 7.10. The van der Waals surface area contributed by atoms with Crippen molar-refractivity contribution in [3.63, 3.8) is 0 Å². The fourth-order valence-corrected chi connectivity index (χ4v) is 2.57. The van der Waals surface area contributed by atoms with Crippen LogP contribution in [0, 0.1) is 0 Å². The predicted octanol–water partition coefficient (Wildman–Crippen LogP) is 2.04. The van der Waals surface area contributed by atoms with Crippen molar-refractivity contribution < 1.29 is 0 Å². The smallest absolute Gasteiger partial charge is 0.0534 e. The van der Waals surface area contributed by atoms with Gasteiger partial charge in [-0.3, -0.25) is 4.68 Å². The number of rotatable bonds is 5. The molecule has 18 heavy (non-hydrogen) atoms. The zero-order valence-electron chi connectivity index (χ0n) is 11.9. The largest absolute Gasteiger partial charge is 0.313 e. The summed E-state index contributed by atoms with van der Waals surface area (Å²) in [5.74, 6) is 0. The second-order valence-electron chi connectivity index (χ2n) is 5.77. The minimum atomic E-state index is 0.448. The van der Waals surface area contributed by atoms with Crippen LogP contribution in [-0.4, -0.2) is 40.9 Å². The number of piperidine rings is 1. The molecule has 0 saturated carbocycles. The molecule has 1 N–H and O–H groups in total. The summed E-state index contributed by atoms with van der Waals surface area (Å²) in [5, 5.41) is 7.99. The van der Waals surface area contributed by atoms with Gasteiger partial charge in [0.2, 0.25) is 0 Å². The van der Waals surface area contributed by atoms with E-state index in [0.717, 1.165) is 13.1 Å². The van der Waals surface area contributed by atoms with Crippen molar-refractivity contribution in [1.29, 1.82) is 0 Å². The monoisotopic (exact) mass is 250 g/mol. The van der Waals surface area contributed by atoms with Gasteiger partial charge in [-0.25, -0.2) is 0 Å². The molecule has 0 aliphatic carbocycles. The lowest BCUT2D eigenvalue weighted by atomic mass is 10.0. The Balaban J connectivity index is 1.80. The van der Waals surface area contributed by atoms with Gasteiger partial charge in [-0.05, 0) is 40.3 Å². The summed E-state index contributed by atoms with van der Waals surface area (Å²) >= 11 is 0. The number of hydrogen-bond acceptors (Lipinski definition) is 3. The maximum Gasteiger partial charge on any atom is 0.0534 e. The quantitative estimate of drug-likeness (QED) is 0.868. The first kappa shape index (κ1) is 13.6. The summed E-state index contributed by atoms with van der Waals surface area (Å²) in [4.78, 5) is 2.39. The van der Waals surface area contributed by atoms with Gasteiger partial charge in [-0.15, -0.1) is 0 Å². The van der Waals surface area contributed by atoms with Crippen molar-refractivity contribution in [3.05, 3.63) is 18.0 Å².